The van der Waals surface area contributed by atoms with Crippen LogP contribution >= 0.6 is 0 Å². The van der Waals surface area contributed by atoms with Crippen LogP contribution in [0.25, 0.3) is 0 Å². The number of benzene rings is 1. The Labute approximate surface area is 118 Å². The SMILES string of the molecule is CCC1(C)NC(=O)CN(c2ccc(OC)c(C)c2)C1=O. The van der Waals surface area contributed by atoms with Crippen molar-refractivity contribution >= 4 is 17.5 Å². The number of nitrogens with zero attached hydrogens (tertiary/aromatic N) is 1. The molecule has 1 aliphatic rings. The molecule has 1 atom stereocenters. The third-order valence-corrected chi connectivity index (χ3v) is 3.83. The second-order valence-electron chi connectivity index (χ2n) is 5.28. The van der Waals surface area contributed by atoms with E-state index in [4.69, 9.17) is 4.74 Å². The lowest BCUT2D eigenvalue weighted by Crippen LogP contribution is -2.65. The third-order valence-electron chi connectivity index (χ3n) is 3.83. The van der Waals surface area contributed by atoms with E-state index in [0.29, 0.717) is 6.42 Å². The van der Waals surface area contributed by atoms with Gasteiger partial charge in [0.1, 0.15) is 17.8 Å². The molecule has 0 spiro atoms. The summed E-state index contributed by atoms with van der Waals surface area (Å²) in [5, 5.41) is 2.77. The molecule has 1 aromatic rings. The maximum Gasteiger partial charge on any atom is 0.252 e. The van der Waals surface area contributed by atoms with Crippen molar-refractivity contribution in [1.82, 2.24) is 5.32 Å². The van der Waals surface area contributed by atoms with Crippen molar-refractivity contribution in [1.29, 1.82) is 0 Å². The van der Waals surface area contributed by atoms with E-state index in [1.54, 1.807) is 20.1 Å². The fourth-order valence-electron chi connectivity index (χ4n) is 2.39. The number of ether oxygens (including phenoxy) is 1. The van der Waals surface area contributed by atoms with Gasteiger partial charge in [-0.05, 0) is 44.0 Å². The summed E-state index contributed by atoms with van der Waals surface area (Å²) < 4.78 is 5.21. The van der Waals surface area contributed by atoms with Gasteiger partial charge in [0.2, 0.25) is 5.91 Å². The highest BCUT2D eigenvalue weighted by molar-refractivity contribution is 6.08. The number of anilines is 1. The minimum Gasteiger partial charge on any atom is -0.496 e. The zero-order valence-electron chi connectivity index (χ0n) is 12.3. The van der Waals surface area contributed by atoms with Crippen molar-refractivity contribution in [2.45, 2.75) is 32.7 Å². The van der Waals surface area contributed by atoms with Gasteiger partial charge in [0.05, 0.1) is 7.11 Å². The van der Waals surface area contributed by atoms with Crippen LogP contribution in [-0.4, -0.2) is 31.0 Å². The number of rotatable bonds is 3. The molecule has 0 radical (unpaired) electrons. The predicted molar refractivity (Wildman–Crippen MR) is 76.9 cm³/mol. The highest BCUT2D eigenvalue weighted by Crippen LogP contribution is 2.28. The lowest BCUT2D eigenvalue weighted by atomic mass is 9.94. The van der Waals surface area contributed by atoms with Crippen LogP contribution in [0, 0.1) is 6.92 Å². The molecule has 1 aromatic carbocycles. The van der Waals surface area contributed by atoms with Gasteiger partial charge in [-0.3, -0.25) is 9.59 Å². The molecule has 5 nitrogen and oxygen atoms in total. The van der Waals surface area contributed by atoms with Gasteiger partial charge in [-0.25, -0.2) is 0 Å². The smallest absolute Gasteiger partial charge is 0.252 e. The summed E-state index contributed by atoms with van der Waals surface area (Å²) in [6.45, 7) is 5.62. The Kier molecular flexibility index (Phi) is 3.70. The van der Waals surface area contributed by atoms with Crippen LogP contribution in [0.15, 0.2) is 18.2 Å². The van der Waals surface area contributed by atoms with Gasteiger partial charge in [-0.15, -0.1) is 0 Å². The average Bonchev–Trinajstić information content (AvgIpc) is 2.42. The molecule has 1 aliphatic heterocycles. The van der Waals surface area contributed by atoms with Crippen molar-refractivity contribution in [2.75, 3.05) is 18.6 Å². The number of aryl methyl sites for hydroxylation is 1. The number of nitrogens with one attached hydrogen (secondary N) is 1. The van der Waals surface area contributed by atoms with Crippen LogP contribution in [0.5, 0.6) is 5.75 Å². The van der Waals surface area contributed by atoms with E-state index in [1.165, 1.54) is 4.90 Å². The quantitative estimate of drug-likeness (QED) is 0.913. The first kappa shape index (κ1) is 14.4. The summed E-state index contributed by atoms with van der Waals surface area (Å²) >= 11 is 0. The molecule has 0 aromatic heterocycles. The van der Waals surface area contributed by atoms with Crippen molar-refractivity contribution in [3.8, 4) is 5.75 Å². The van der Waals surface area contributed by atoms with Crippen molar-refractivity contribution in [3.05, 3.63) is 23.8 Å². The molecule has 20 heavy (non-hydrogen) atoms. The summed E-state index contributed by atoms with van der Waals surface area (Å²) in [4.78, 5) is 26.0. The number of hydrogen-bond donors (Lipinski definition) is 1. The molecule has 0 saturated carbocycles. The molecular formula is C15H20N2O3. The van der Waals surface area contributed by atoms with Gasteiger partial charge in [-0.2, -0.15) is 0 Å². The van der Waals surface area contributed by atoms with Crippen LogP contribution in [0.2, 0.25) is 0 Å². The number of carbonyl (C=O) groups excluding carboxylic acids is 2. The Hall–Kier alpha value is -2.04. The largest absolute Gasteiger partial charge is 0.496 e. The summed E-state index contributed by atoms with van der Waals surface area (Å²) in [6, 6.07) is 5.48. The van der Waals surface area contributed by atoms with Crippen LogP contribution < -0.4 is 15.0 Å². The van der Waals surface area contributed by atoms with E-state index in [1.807, 2.05) is 26.0 Å². The minimum absolute atomic E-state index is 0.0557. The molecule has 1 saturated heterocycles. The Morgan fingerprint density at radius 2 is 2.10 bits per heavy atom. The van der Waals surface area contributed by atoms with Gasteiger partial charge in [0.25, 0.3) is 5.91 Å². The minimum atomic E-state index is -0.830. The molecule has 1 fully saturated rings. The Bertz CT molecular complexity index is 556. The Morgan fingerprint density at radius 1 is 1.40 bits per heavy atom. The normalized spacial score (nSPS) is 22.7. The summed E-state index contributed by atoms with van der Waals surface area (Å²) in [6.07, 6.45) is 0.559. The molecule has 5 heteroatoms. The van der Waals surface area contributed by atoms with Gasteiger partial charge < -0.3 is 15.0 Å². The maximum absolute atomic E-state index is 12.6. The number of piperazine rings is 1. The Balaban J connectivity index is 2.38. The van der Waals surface area contributed by atoms with Crippen molar-refractivity contribution < 1.29 is 14.3 Å². The molecular weight excluding hydrogens is 256 g/mol. The van der Waals surface area contributed by atoms with Gasteiger partial charge in [0, 0.05) is 5.69 Å². The Morgan fingerprint density at radius 3 is 2.65 bits per heavy atom. The average molecular weight is 276 g/mol. The van der Waals surface area contributed by atoms with E-state index in [2.05, 4.69) is 5.32 Å². The van der Waals surface area contributed by atoms with E-state index >= 15 is 0 Å². The molecule has 2 rings (SSSR count). The third kappa shape index (κ3) is 2.35. The summed E-state index contributed by atoms with van der Waals surface area (Å²) in [5.41, 5.74) is 0.827. The first-order valence-corrected chi connectivity index (χ1v) is 6.69. The van der Waals surface area contributed by atoms with Crippen molar-refractivity contribution in [2.24, 2.45) is 0 Å². The second kappa shape index (κ2) is 5.15. The zero-order valence-corrected chi connectivity index (χ0v) is 12.3. The van der Waals surface area contributed by atoms with Crippen molar-refractivity contribution in [3.63, 3.8) is 0 Å². The van der Waals surface area contributed by atoms with Crippen LogP contribution in [-0.2, 0) is 9.59 Å². The van der Waals surface area contributed by atoms with Crippen LogP contribution in [0.3, 0.4) is 0 Å². The molecule has 108 valence electrons. The fourth-order valence-corrected chi connectivity index (χ4v) is 2.39. The number of methoxy groups -OCH3 is 1. The van der Waals surface area contributed by atoms with E-state index in [-0.39, 0.29) is 18.4 Å². The van der Waals surface area contributed by atoms with E-state index in [0.717, 1.165) is 17.0 Å². The molecule has 0 bridgehead atoms. The highest BCUT2D eigenvalue weighted by Gasteiger charge is 2.42. The second-order valence-corrected chi connectivity index (χ2v) is 5.28. The molecule has 1 heterocycles. The molecule has 2 amide bonds. The first-order chi connectivity index (χ1) is 9.41. The lowest BCUT2D eigenvalue weighted by molar-refractivity contribution is -0.135. The zero-order chi connectivity index (χ0) is 14.9. The predicted octanol–water partition coefficient (Wildman–Crippen LogP) is 1.64. The van der Waals surface area contributed by atoms with Crippen LogP contribution in [0.4, 0.5) is 5.69 Å². The number of carbonyl (C=O) groups is 2. The van der Waals surface area contributed by atoms with Gasteiger partial charge >= 0.3 is 0 Å². The topological polar surface area (TPSA) is 58.6 Å². The number of hydrogen-bond acceptors (Lipinski definition) is 3. The standard InChI is InChI=1S/C15H20N2O3/c1-5-15(3)14(19)17(9-13(18)16-15)11-6-7-12(20-4)10(2)8-11/h6-8H,5,9H2,1-4H3,(H,16,18). The maximum atomic E-state index is 12.6. The number of amides is 2. The highest BCUT2D eigenvalue weighted by atomic mass is 16.5. The fraction of sp³-hybridized carbons (Fsp3) is 0.467. The van der Waals surface area contributed by atoms with Gasteiger partial charge in [0.15, 0.2) is 0 Å². The van der Waals surface area contributed by atoms with E-state index < -0.39 is 5.54 Å². The molecule has 0 aliphatic carbocycles. The van der Waals surface area contributed by atoms with Gasteiger partial charge in [-0.1, -0.05) is 6.92 Å². The lowest BCUT2D eigenvalue weighted by Gasteiger charge is -2.39. The molecule has 1 unspecified atom stereocenters. The van der Waals surface area contributed by atoms with E-state index in [9.17, 15) is 9.59 Å². The first-order valence-electron chi connectivity index (χ1n) is 6.69. The summed E-state index contributed by atoms with van der Waals surface area (Å²) in [5.74, 6) is 0.549. The summed E-state index contributed by atoms with van der Waals surface area (Å²) in [7, 11) is 1.61. The monoisotopic (exact) mass is 276 g/mol. The van der Waals surface area contributed by atoms with Crippen LogP contribution in [0.1, 0.15) is 25.8 Å². The molecule has 1 N–H and O–H groups in total.